The Kier molecular flexibility index (Phi) is 9.80. The van der Waals surface area contributed by atoms with Crippen LogP contribution in [0.15, 0.2) is 22.9 Å². The van der Waals surface area contributed by atoms with E-state index < -0.39 is 10.0 Å². The smallest absolute Gasteiger partial charge is 0.233 e. The van der Waals surface area contributed by atoms with E-state index >= 15 is 0 Å². The van der Waals surface area contributed by atoms with E-state index in [1.165, 1.54) is 6.20 Å². The van der Waals surface area contributed by atoms with Crippen LogP contribution in [0.3, 0.4) is 0 Å². The van der Waals surface area contributed by atoms with Gasteiger partial charge in [0.15, 0.2) is 0 Å². The van der Waals surface area contributed by atoms with Crippen molar-refractivity contribution in [2.45, 2.75) is 0 Å². The van der Waals surface area contributed by atoms with E-state index in [2.05, 4.69) is 25.6 Å². The van der Waals surface area contributed by atoms with Crippen molar-refractivity contribution in [2.75, 3.05) is 17.0 Å². The molecule has 1 heterocycles. The maximum atomic E-state index is 11.3. The lowest BCUT2D eigenvalue weighted by Crippen LogP contribution is -2.22. The van der Waals surface area contributed by atoms with E-state index in [9.17, 15) is 8.42 Å². The number of anilines is 1. The number of aromatic nitrogens is 1. The zero-order valence-electron chi connectivity index (χ0n) is 8.09. The van der Waals surface area contributed by atoms with Gasteiger partial charge in [-0.15, -0.1) is 34.0 Å². The number of nitrogens with two attached hydrogens (primary N) is 1. The average molecular weight is 442 g/mol. The second kappa shape index (κ2) is 8.40. The van der Waals surface area contributed by atoms with Gasteiger partial charge >= 0.3 is 0 Å². The van der Waals surface area contributed by atoms with E-state index in [4.69, 9.17) is 5.73 Å². The summed E-state index contributed by atoms with van der Waals surface area (Å²) in [5.74, 6) is -0.0903. The van der Waals surface area contributed by atoms with Gasteiger partial charge in [0.25, 0.3) is 0 Å². The van der Waals surface area contributed by atoms with Crippen molar-refractivity contribution >= 4 is 65.6 Å². The van der Waals surface area contributed by atoms with Crippen molar-refractivity contribution in [2.24, 2.45) is 5.73 Å². The molecular formula is C7H12Br3N3O2S. The van der Waals surface area contributed by atoms with Crippen molar-refractivity contribution in [3.8, 4) is 0 Å². The summed E-state index contributed by atoms with van der Waals surface area (Å²) < 4.78 is 25.5. The van der Waals surface area contributed by atoms with Crippen LogP contribution in [-0.4, -0.2) is 25.7 Å². The van der Waals surface area contributed by atoms with Crippen molar-refractivity contribution in [1.29, 1.82) is 0 Å². The van der Waals surface area contributed by atoms with Crippen LogP contribution in [0.4, 0.5) is 5.69 Å². The number of nitrogens with one attached hydrogen (secondary N) is 1. The van der Waals surface area contributed by atoms with Gasteiger partial charge in [-0.3, -0.25) is 4.72 Å². The van der Waals surface area contributed by atoms with Crippen LogP contribution in [0, 0.1) is 0 Å². The number of sulfonamides is 1. The number of halogens is 3. The molecule has 3 N–H and O–H groups in total. The molecular weight excluding hydrogens is 430 g/mol. The fraction of sp³-hybridized carbons (Fsp3) is 0.286. The van der Waals surface area contributed by atoms with Gasteiger partial charge in [0.2, 0.25) is 10.0 Å². The minimum atomic E-state index is -3.33. The molecule has 5 nitrogen and oxygen atoms in total. The minimum absolute atomic E-state index is 0. The Morgan fingerprint density at radius 1 is 1.44 bits per heavy atom. The summed E-state index contributed by atoms with van der Waals surface area (Å²) in [7, 11) is -3.33. The van der Waals surface area contributed by atoms with E-state index in [0.717, 1.165) is 0 Å². The maximum Gasteiger partial charge on any atom is 0.233 e. The molecule has 0 saturated heterocycles. The quantitative estimate of drug-likeness (QED) is 0.696. The standard InChI is InChI=1S/C7H10BrN3O2S.2BrH/c8-7-5-6(1-3-10-7)11-14(12,13)4-2-9;;/h1,3,5H,2,4,9H2,(H,10,11);2*1H. The maximum absolute atomic E-state index is 11.3. The molecule has 0 unspecified atom stereocenters. The Bertz CT molecular complexity index is 413. The molecule has 0 bridgehead atoms. The van der Waals surface area contributed by atoms with Crippen LogP contribution < -0.4 is 10.5 Å². The SMILES string of the molecule is Br.Br.NCCS(=O)(=O)Nc1ccnc(Br)c1. The van der Waals surface area contributed by atoms with E-state index in [0.29, 0.717) is 10.3 Å². The molecule has 0 atom stereocenters. The van der Waals surface area contributed by atoms with Gasteiger partial charge in [0.05, 0.1) is 11.4 Å². The van der Waals surface area contributed by atoms with Gasteiger partial charge in [0.1, 0.15) is 4.60 Å². The van der Waals surface area contributed by atoms with Crippen molar-refractivity contribution < 1.29 is 8.42 Å². The molecule has 0 saturated carbocycles. The predicted molar refractivity (Wildman–Crippen MR) is 79.0 cm³/mol. The molecule has 1 aromatic rings. The van der Waals surface area contributed by atoms with Crippen LogP contribution in [0.25, 0.3) is 0 Å². The third-order valence-corrected chi connectivity index (χ3v) is 3.14. The van der Waals surface area contributed by atoms with Crippen molar-refractivity contribution in [3.63, 3.8) is 0 Å². The molecule has 1 aromatic heterocycles. The molecule has 0 aromatic carbocycles. The highest BCUT2D eigenvalue weighted by Crippen LogP contribution is 2.13. The van der Waals surface area contributed by atoms with E-state index in [-0.39, 0.29) is 46.3 Å². The monoisotopic (exact) mass is 439 g/mol. The topological polar surface area (TPSA) is 85.1 Å². The van der Waals surface area contributed by atoms with Crippen LogP contribution in [0.1, 0.15) is 0 Å². The number of pyridine rings is 1. The highest BCUT2D eigenvalue weighted by molar-refractivity contribution is 9.10. The van der Waals surface area contributed by atoms with Gasteiger partial charge in [-0.1, -0.05) is 0 Å². The summed E-state index contributed by atoms with van der Waals surface area (Å²) >= 11 is 3.14. The summed E-state index contributed by atoms with van der Waals surface area (Å²) in [6.45, 7) is 0.0988. The molecule has 94 valence electrons. The highest BCUT2D eigenvalue weighted by atomic mass is 79.9. The third-order valence-electron chi connectivity index (χ3n) is 1.39. The minimum Gasteiger partial charge on any atom is -0.329 e. The first-order valence-electron chi connectivity index (χ1n) is 3.85. The first-order chi connectivity index (χ1) is 6.53. The molecule has 16 heavy (non-hydrogen) atoms. The first-order valence-corrected chi connectivity index (χ1v) is 6.30. The van der Waals surface area contributed by atoms with Crippen LogP contribution in [0.2, 0.25) is 0 Å². The lowest BCUT2D eigenvalue weighted by molar-refractivity contribution is 0.601. The van der Waals surface area contributed by atoms with Crippen LogP contribution >= 0.6 is 49.9 Å². The van der Waals surface area contributed by atoms with Crippen LogP contribution in [-0.2, 0) is 10.0 Å². The largest absolute Gasteiger partial charge is 0.329 e. The summed E-state index contributed by atoms with van der Waals surface area (Å²) in [6.07, 6.45) is 1.50. The molecule has 0 amide bonds. The number of hydrogen-bond donors (Lipinski definition) is 2. The third kappa shape index (κ3) is 6.79. The molecule has 9 heteroatoms. The predicted octanol–water partition coefficient (Wildman–Crippen LogP) is 1.70. The fourth-order valence-electron chi connectivity index (χ4n) is 0.852. The van der Waals surface area contributed by atoms with Gasteiger partial charge in [-0.2, -0.15) is 0 Å². The number of nitrogens with zero attached hydrogens (tertiary/aromatic N) is 1. The average Bonchev–Trinajstić information content (AvgIpc) is 2.02. The molecule has 0 spiro atoms. The Hall–Kier alpha value is 0.300. The second-order valence-corrected chi connectivity index (χ2v) is 5.23. The molecule has 0 radical (unpaired) electrons. The Labute approximate surface area is 124 Å². The highest BCUT2D eigenvalue weighted by Gasteiger charge is 2.08. The summed E-state index contributed by atoms with van der Waals surface area (Å²) in [5.41, 5.74) is 5.63. The lowest BCUT2D eigenvalue weighted by Gasteiger charge is -2.06. The molecule has 1 rings (SSSR count). The molecule has 0 aliphatic carbocycles. The number of hydrogen-bond acceptors (Lipinski definition) is 4. The Morgan fingerprint density at radius 3 is 2.56 bits per heavy atom. The van der Waals surface area contributed by atoms with Crippen molar-refractivity contribution in [3.05, 3.63) is 22.9 Å². The molecule has 0 fully saturated rings. The van der Waals surface area contributed by atoms with E-state index in [1.54, 1.807) is 12.1 Å². The van der Waals surface area contributed by atoms with Gasteiger partial charge in [0, 0.05) is 12.7 Å². The van der Waals surface area contributed by atoms with Gasteiger partial charge in [-0.05, 0) is 28.1 Å². The summed E-state index contributed by atoms with van der Waals surface area (Å²) in [6, 6.07) is 3.15. The van der Waals surface area contributed by atoms with Crippen molar-refractivity contribution in [1.82, 2.24) is 4.98 Å². The Balaban J connectivity index is 0. The lowest BCUT2D eigenvalue weighted by atomic mass is 10.4. The normalized spacial score (nSPS) is 9.88. The summed E-state index contributed by atoms with van der Waals surface area (Å²) in [5, 5.41) is 0. The van der Waals surface area contributed by atoms with E-state index in [1.807, 2.05) is 0 Å². The summed E-state index contributed by atoms with van der Waals surface area (Å²) in [4.78, 5) is 3.87. The zero-order chi connectivity index (χ0) is 10.6. The number of rotatable bonds is 4. The molecule has 0 aliphatic rings. The van der Waals surface area contributed by atoms with Crippen LogP contribution in [0.5, 0.6) is 0 Å². The fourth-order valence-corrected chi connectivity index (χ4v) is 2.11. The van der Waals surface area contributed by atoms with Gasteiger partial charge < -0.3 is 5.73 Å². The van der Waals surface area contributed by atoms with Gasteiger partial charge in [-0.25, -0.2) is 13.4 Å². The first kappa shape index (κ1) is 18.7. The second-order valence-electron chi connectivity index (χ2n) is 2.58. The Morgan fingerprint density at radius 2 is 2.06 bits per heavy atom. The zero-order valence-corrected chi connectivity index (χ0v) is 13.9. The molecule has 0 aliphatic heterocycles.